The first-order chi connectivity index (χ1) is 8.26. The third-order valence-electron chi connectivity index (χ3n) is 2.84. The minimum absolute atomic E-state index is 0.0280. The fraction of sp³-hybridized carbons (Fsp3) is 0.308. The minimum Gasteiger partial charge on any atom is -0.348 e. The fourth-order valence-corrected chi connectivity index (χ4v) is 2.69. The fourth-order valence-electron chi connectivity index (χ4n) is 1.74. The van der Waals surface area contributed by atoms with Crippen LogP contribution in [-0.2, 0) is 0 Å². The van der Waals surface area contributed by atoms with E-state index < -0.39 is 0 Å². The Hall–Kier alpha value is -1.39. The summed E-state index contributed by atoms with van der Waals surface area (Å²) >= 11 is 1.59. The lowest BCUT2D eigenvalue weighted by molar-refractivity contribution is 0.0939. The second kappa shape index (κ2) is 5.29. The van der Waals surface area contributed by atoms with E-state index in [1.807, 2.05) is 36.6 Å². The summed E-state index contributed by atoms with van der Waals surface area (Å²) in [6, 6.07) is 7.99. The maximum Gasteiger partial charge on any atom is 0.253 e. The lowest BCUT2D eigenvalue weighted by atomic mass is 10.1. The van der Waals surface area contributed by atoms with Crippen molar-refractivity contribution in [2.24, 2.45) is 5.73 Å². The van der Waals surface area contributed by atoms with Gasteiger partial charge in [-0.25, -0.2) is 0 Å². The van der Waals surface area contributed by atoms with Gasteiger partial charge in [-0.05, 0) is 12.5 Å². The zero-order chi connectivity index (χ0) is 12.3. The van der Waals surface area contributed by atoms with Crippen molar-refractivity contribution in [1.29, 1.82) is 0 Å². The molecule has 2 rings (SSSR count). The van der Waals surface area contributed by atoms with E-state index in [9.17, 15) is 4.79 Å². The molecule has 0 fully saturated rings. The van der Waals surface area contributed by atoms with Crippen molar-refractivity contribution in [3.8, 4) is 0 Å². The second-order valence-electron chi connectivity index (χ2n) is 3.96. The van der Waals surface area contributed by atoms with Gasteiger partial charge in [-0.1, -0.05) is 25.1 Å². The quantitative estimate of drug-likeness (QED) is 0.872. The third kappa shape index (κ3) is 2.48. The number of fused-ring (bicyclic) bond motifs is 1. The summed E-state index contributed by atoms with van der Waals surface area (Å²) in [5.74, 6) is -0.0280. The number of nitrogens with two attached hydrogens (primary N) is 1. The van der Waals surface area contributed by atoms with Crippen molar-refractivity contribution in [3.05, 3.63) is 35.2 Å². The summed E-state index contributed by atoms with van der Waals surface area (Å²) in [5.41, 5.74) is 6.33. The Morgan fingerprint density at radius 3 is 2.94 bits per heavy atom. The number of carbonyl (C=O) groups is 1. The van der Waals surface area contributed by atoms with Gasteiger partial charge < -0.3 is 11.1 Å². The van der Waals surface area contributed by atoms with Gasteiger partial charge in [-0.15, -0.1) is 11.3 Å². The van der Waals surface area contributed by atoms with Crippen molar-refractivity contribution in [2.75, 3.05) is 6.54 Å². The molecule has 0 aliphatic carbocycles. The topological polar surface area (TPSA) is 55.1 Å². The van der Waals surface area contributed by atoms with Crippen LogP contribution in [0.4, 0.5) is 0 Å². The highest BCUT2D eigenvalue weighted by atomic mass is 32.1. The molecule has 1 atom stereocenters. The number of thiophene rings is 1. The van der Waals surface area contributed by atoms with E-state index in [-0.39, 0.29) is 11.9 Å². The average Bonchev–Trinajstić information content (AvgIpc) is 2.79. The van der Waals surface area contributed by atoms with Gasteiger partial charge in [0.2, 0.25) is 0 Å². The lowest BCUT2D eigenvalue weighted by Crippen LogP contribution is -2.39. The number of amides is 1. The summed E-state index contributed by atoms with van der Waals surface area (Å²) in [4.78, 5) is 12.1. The molecule has 0 bridgehead atoms. The number of benzene rings is 1. The normalized spacial score (nSPS) is 12.6. The highest BCUT2D eigenvalue weighted by Gasteiger charge is 2.14. The van der Waals surface area contributed by atoms with Crippen molar-refractivity contribution in [3.63, 3.8) is 0 Å². The Labute approximate surface area is 105 Å². The van der Waals surface area contributed by atoms with Crippen LogP contribution in [0.15, 0.2) is 29.6 Å². The highest BCUT2D eigenvalue weighted by molar-refractivity contribution is 7.17. The van der Waals surface area contributed by atoms with E-state index in [4.69, 9.17) is 5.73 Å². The number of hydrogen-bond acceptors (Lipinski definition) is 3. The van der Waals surface area contributed by atoms with Gasteiger partial charge in [-0.2, -0.15) is 0 Å². The molecular weight excluding hydrogens is 232 g/mol. The molecule has 1 aromatic heterocycles. The number of nitrogens with one attached hydrogen (secondary N) is 1. The monoisotopic (exact) mass is 248 g/mol. The molecule has 0 aliphatic heterocycles. The van der Waals surface area contributed by atoms with E-state index >= 15 is 0 Å². The molecule has 1 heterocycles. The van der Waals surface area contributed by atoms with Gasteiger partial charge in [0, 0.05) is 28.1 Å². The third-order valence-corrected chi connectivity index (χ3v) is 3.80. The SMILES string of the molecule is CCC(CN)NC(=O)c1csc2ccccc12. The molecule has 3 nitrogen and oxygen atoms in total. The van der Waals surface area contributed by atoms with Gasteiger partial charge in [0.1, 0.15) is 0 Å². The Bertz CT molecular complexity index is 517. The Morgan fingerprint density at radius 2 is 2.24 bits per heavy atom. The standard InChI is InChI=1S/C13H16N2OS/c1-2-9(7-14)15-13(16)11-8-17-12-6-4-3-5-10(11)12/h3-6,8-9H,2,7,14H2,1H3,(H,15,16). The zero-order valence-electron chi connectivity index (χ0n) is 9.77. The number of carbonyl (C=O) groups excluding carboxylic acids is 1. The number of rotatable bonds is 4. The number of hydrogen-bond donors (Lipinski definition) is 2. The molecule has 0 spiro atoms. The van der Waals surface area contributed by atoms with E-state index in [1.165, 1.54) is 0 Å². The van der Waals surface area contributed by atoms with Crippen LogP contribution in [0.2, 0.25) is 0 Å². The maximum absolute atomic E-state index is 12.1. The summed E-state index contributed by atoms with van der Waals surface area (Å²) in [6.07, 6.45) is 0.851. The maximum atomic E-state index is 12.1. The minimum atomic E-state index is -0.0280. The smallest absolute Gasteiger partial charge is 0.253 e. The largest absolute Gasteiger partial charge is 0.348 e. The van der Waals surface area contributed by atoms with Crippen LogP contribution in [0.3, 0.4) is 0 Å². The summed E-state index contributed by atoms with van der Waals surface area (Å²) < 4.78 is 1.14. The molecule has 2 aromatic rings. The molecule has 0 saturated heterocycles. The van der Waals surface area contributed by atoms with Gasteiger partial charge in [-0.3, -0.25) is 4.79 Å². The Morgan fingerprint density at radius 1 is 1.47 bits per heavy atom. The first kappa shape index (κ1) is 12.1. The first-order valence-corrected chi connectivity index (χ1v) is 6.61. The van der Waals surface area contributed by atoms with Gasteiger partial charge in [0.25, 0.3) is 5.91 Å². The van der Waals surface area contributed by atoms with Crippen LogP contribution < -0.4 is 11.1 Å². The molecule has 1 amide bonds. The van der Waals surface area contributed by atoms with Crippen molar-refractivity contribution < 1.29 is 4.79 Å². The van der Waals surface area contributed by atoms with Crippen LogP contribution >= 0.6 is 11.3 Å². The van der Waals surface area contributed by atoms with Gasteiger partial charge >= 0.3 is 0 Å². The van der Waals surface area contributed by atoms with Gasteiger partial charge in [0.15, 0.2) is 0 Å². The van der Waals surface area contributed by atoms with Crippen molar-refractivity contribution >= 4 is 27.3 Å². The molecule has 1 aromatic carbocycles. The van der Waals surface area contributed by atoms with Gasteiger partial charge in [0.05, 0.1) is 5.56 Å². The van der Waals surface area contributed by atoms with E-state index in [1.54, 1.807) is 11.3 Å². The second-order valence-corrected chi connectivity index (χ2v) is 4.87. The van der Waals surface area contributed by atoms with Crippen LogP contribution in [0.25, 0.3) is 10.1 Å². The molecule has 0 aliphatic rings. The van der Waals surface area contributed by atoms with Crippen LogP contribution in [0, 0.1) is 0 Å². The molecule has 1 unspecified atom stereocenters. The predicted octanol–water partition coefficient (Wildman–Crippen LogP) is 2.37. The van der Waals surface area contributed by atoms with Crippen molar-refractivity contribution in [1.82, 2.24) is 5.32 Å². The van der Waals surface area contributed by atoms with E-state index in [2.05, 4.69) is 5.32 Å². The molecule has 17 heavy (non-hydrogen) atoms. The van der Waals surface area contributed by atoms with Crippen LogP contribution in [0.1, 0.15) is 23.7 Å². The molecule has 3 N–H and O–H groups in total. The highest BCUT2D eigenvalue weighted by Crippen LogP contribution is 2.25. The lowest BCUT2D eigenvalue weighted by Gasteiger charge is -2.13. The predicted molar refractivity (Wildman–Crippen MR) is 72.4 cm³/mol. The summed E-state index contributed by atoms with van der Waals surface area (Å²) in [5, 5.41) is 5.88. The summed E-state index contributed by atoms with van der Waals surface area (Å²) in [7, 11) is 0. The molecular formula is C13H16N2OS. The first-order valence-electron chi connectivity index (χ1n) is 5.73. The summed E-state index contributed by atoms with van der Waals surface area (Å²) in [6.45, 7) is 2.49. The molecule has 90 valence electrons. The van der Waals surface area contributed by atoms with E-state index in [0.29, 0.717) is 6.54 Å². The molecule has 4 heteroatoms. The molecule has 0 radical (unpaired) electrons. The Kier molecular flexibility index (Phi) is 3.76. The zero-order valence-corrected chi connectivity index (χ0v) is 10.6. The van der Waals surface area contributed by atoms with E-state index in [0.717, 1.165) is 22.1 Å². The average molecular weight is 248 g/mol. The van der Waals surface area contributed by atoms with Crippen molar-refractivity contribution in [2.45, 2.75) is 19.4 Å². The van der Waals surface area contributed by atoms with Crippen LogP contribution in [0.5, 0.6) is 0 Å². The molecule has 0 saturated carbocycles. The Balaban J connectivity index is 2.25. The van der Waals surface area contributed by atoms with Crippen LogP contribution in [-0.4, -0.2) is 18.5 Å².